The first-order valence-electron chi connectivity index (χ1n) is 6.40. The minimum atomic E-state index is -0.392. The van der Waals surface area contributed by atoms with Crippen LogP contribution in [0.3, 0.4) is 0 Å². The van der Waals surface area contributed by atoms with E-state index in [1.165, 1.54) is 12.1 Å². The summed E-state index contributed by atoms with van der Waals surface area (Å²) in [6.07, 6.45) is 0. The Bertz CT molecular complexity index is 605. The van der Waals surface area contributed by atoms with Crippen molar-refractivity contribution in [3.8, 4) is 11.3 Å². The van der Waals surface area contributed by atoms with Crippen LogP contribution in [0.1, 0.15) is 0 Å². The molecule has 104 valence electrons. The van der Waals surface area contributed by atoms with E-state index < -0.39 is 4.92 Å². The predicted molar refractivity (Wildman–Crippen MR) is 79.3 cm³/mol. The van der Waals surface area contributed by atoms with Crippen LogP contribution in [0.15, 0.2) is 29.6 Å². The third-order valence-corrected chi connectivity index (χ3v) is 4.15. The molecule has 2 aromatic rings. The number of nitro benzene ring substituents is 1. The molecular formula is C13H14N4O2S. The van der Waals surface area contributed by atoms with Gasteiger partial charge in [0.25, 0.3) is 5.69 Å². The smallest absolute Gasteiger partial charge is 0.269 e. The molecule has 0 spiro atoms. The zero-order valence-electron chi connectivity index (χ0n) is 10.8. The van der Waals surface area contributed by atoms with Gasteiger partial charge in [0.1, 0.15) is 0 Å². The molecule has 0 amide bonds. The number of nitrogens with one attached hydrogen (secondary N) is 1. The van der Waals surface area contributed by atoms with E-state index in [9.17, 15) is 10.1 Å². The lowest BCUT2D eigenvalue weighted by atomic mass is 10.1. The topological polar surface area (TPSA) is 71.3 Å². The number of nitro groups is 1. The van der Waals surface area contributed by atoms with E-state index in [2.05, 4.69) is 15.2 Å². The van der Waals surface area contributed by atoms with Gasteiger partial charge >= 0.3 is 0 Å². The molecule has 1 aromatic heterocycles. The van der Waals surface area contributed by atoms with Crippen LogP contribution < -0.4 is 10.2 Å². The van der Waals surface area contributed by atoms with E-state index >= 15 is 0 Å². The van der Waals surface area contributed by atoms with Gasteiger partial charge in [-0.05, 0) is 12.1 Å². The highest BCUT2D eigenvalue weighted by atomic mass is 32.1. The number of hydrogen-bond donors (Lipinski definition) is 1. The van der Waals surface area contributed by atoms with Crippen molar-refractivity contribution in [1.29, 1.82) is 0 Å². The molecule has 1 aromatic carbocycles. The van der Waals surface area contributed by atoms with E-state index in [1.54, 1.807) is 23.5 Å². The van der Waals surface area contributed by atoms with E-state index in [1.807, 2.05) is 5.38 Å². The summed E-state index contributed by atoms with van der Waals surface area (Å²) in [4.78, 5) is 17.1. The van der Waals surface area contributed by atoms with Gasteiger partial charge < -0.3 is 10.2 Å². The van der Waals surface area contributed by atoms with Gasteiger partial charge in [-0.3, -0.25) is 10.1 Å². The van der Waals surface area contributed by atoms with Crippen molar-refractivity contribution in [2.75, 3.05) is 31.1 Å². The summed E-state index contributed by atoms with van der Waals surface area (Å²) >= 11 is 1.61. The lowest BCUT2D eigenvalue weighted by molar-refractivity contribution is -0.384. The summed E-state index contributed by atoms with van der Waals surface area (Å²) in [5, 5.41) is 17.0. The maximum atomic E-state index is 10.6. The molecule has 0 bridgehead atoms. The molecule has 7 heteroatoms. The Morgan fingerprint density at radius 1 is 1.25 bits per heavy atom. The minimum absolute atomic E-state index is 0.103. The maximum absolute atomic E-state index is 10.6. The monoisotopic (exact) mass is 290 g/mol. The SMILES string of the molecule is O=[N+]([O-])c1ccc(-c2csc(N3CCNCC3)n2)cc1. The average molecular weight is 290 g/mol. The molecule has 1 aliphatic rings. The summed E-state index contributed by atoms with van der Waals surface area (Å²) in [5.74, 6) is 0. The maximum Gasteiger partial charge on any atom is 0.269 e. The summed E-state index contributed by atoms with van der Waals surface area (Å²) in [7, 11) is 0. The second kappa shape index (κ2) is 5.56. The number of non-ortho nitro benzene ring substituents is 1. The first kappa shape index (κ1) is 13.0. The molecule has 6 nitrogen and oxygen atoms in total. The van der Waals surface area contributed by atoms with Crippen molar-refractivity contribution in [1.82, 2.24) is 10.3 Å². The van der Waals surface area contributed by atoms with Crippen molar-refractivity contribution in [3.63, 3.8) is 0 Å². The fraction of sp³-hybridized carbons (Fsp3) is 0.308. The van der Waals surface area contributed by atoms with Crippen LogP contribution in [0.25, 0.3) is 11.3 Å². The van der Waals surface area contributed by atoms with Gasteiger partial charge in [-0.1, -0.05) is 0 Å². The summed E-state index contributed by atoms with van der Waals surface area (Å²) in [5.41, 5.74) is 1.89. The van der Waals surface area contributed by atoms with E-state index in [0.29, 0.717) is 0 Å². The van der Waals surface area contributed by atoms with E-state index in [4.69, 9.17) is 0 Å². The molecule has 0 aliphatic carbocycles. The number of hydrogen-bond acceptors (Lipinski definition) is 6. The van der Waals surface area contributed by atoms with E-state index in [0.717, 1.165) is 42.6 Å². The number of rotatable bonds is 3. The fourth-order valence-electron chi connectivity index (χ4n) is 2.15. The minimum Gasteiger partial charge on any atom is -0.346 e. The van der Waals surface area contributed by atoms with Crippen LogP contribution in [-0.2, 0) is 0 Å². The Hall–Kier alpha value is -1.99. The predicted octanol–water partition coefficient (Wildman–Crippen LogP) is 2.13. The molecule has 0 unspecified atom stereocenters. The third kappa shape index (κ3) is 2.63. The van der Waals surface area contributed by atoms with Crippen LogP contribution >= 0.6 is 11.3 Å². The van der Waals surface area contributed by atoms with Crippen molar-refractivity contribution in [3.05, 3.63) is 39.8 Å². The van der Waals surface area contributed by atoms with Crippen LogP contribution in [-0.4, -0.2) is 36.1 Å². The largest absolute Gasteiger partial charge is 0.346 e. The number of nitrogens with zero attached hydrogens (tertiary/aromatic N) is 3. The summed E-state index contributed by atoms with van der Waals surface area (Å²) in [6, 6.07) is 6.52. The number of aromatic nitrogens is 1. The zero-order valence-corrected chi connectivity index (χ0v) is 11.6. The first-order valence-corrected chi connectivity index (χ1v) is 7.28. The molecule has 1 saturated heterocycles. The van der Waals surface area contributed by atoms with Gasteiger partial charge in [0.15, 0.2) is 5.13 Å². The number of benzene rings is 1. The zero-order chi connectivity index (χ0) is 13.9. The molecule has 0 saturated carbocycles. The molecule has 3 rings (SSSR count). The lowest BCUT2D eigenvalue weighted by Crippen LogP contribution is -2.43. The average Bonchev–Trinajstić information content (AvgIpc) is 2.98. The Kier molecular flexibility index (Phi) is 3.62. The van der Waals surface area contributed by atoms with Crippen LogP contribution in [0.2, 0.25) is 0 Å². The van der Waals surface area contributed by atoms with Crippen molar-refractivity contribution in [2.45, 2.75) is 0 Å². The van der Waals surface area contributed by atoms with Crippen LogP contribution in [0.4, 0.5) is 10.8 Å². The second-order valence-electron chi connectivity index (χ2n) is 4.56. The molecule has 0 radical (unpaired) electrons. The van der Waals surface area contributed by atoms with Gasteiger partial charge in [-0.15, -0.1) is 11.3 Å². The van der Waals surface area contributed by atoms with Gasteiger partial charge in [-0.25, -0.2) is 4.98 Å². The number of thiazole rings is 1. The molecule has 2 heterocycles. The summed E-state index contributed by atoms with van der Waals surface area (Å²) in [6.45, 7) is 3.89. The van der Waals surface area contributed by atoms with Crippen molar-refractivity contribution in [2.24, 2.45) is 0 Å². The van der Waals surface area contributed by atoms with Gasteiger partial charge in [0.05, 0.1) is 10.6 Å². The molecule has 1 N–H and O–H groups in total. The quantitative estimate of drug-likeness (QED) is 0.692. The molecule has 0 atom stereocenters. The highest BCUT2D eigenvalue weighted by Gasteiger charge is 2.15. The number of anilines is 1. The lowest BCUT2D eigenvalue weighted by Gasteiger charge is -2.26. The van der Waals surface area contributed by atoms with Crippen molar-refractivity contribution >= 4 is 22.2 Å². The standard InChI is InChI=1S/C13H14N4O2S/c18-17(19)11-3-1-10(2-4-11)12-9-20-13(15-12)16-7-5-14-6-8-16/h1-4,9,14H,5-8H2. The molecule has 1 fully saturated rings. The second-order valence-corrected chi connectivity index (χ2v) is 5.39. The highest BCUT2D eigenvalue weighted by Crippen LogP contribution is 2.28. The Morgan fingerprint density at radius 2 is 1.95 bits per heavy atom. The van der Waals surface area contributed by atoms with Crippen LogP contribution in [0, 0.1) is 10.1 Å². The van der Waals surface area contributed by atoms with E-state index in [-0.39, 0.29) is 5.69 Å². The highest BCUT2D eigenvalue weighted by molar-refractivity contribution is 7.14. The van der Waals surface area contributed by atoms with Gasteiger partial charge in [0, 0.05) is 49.3 Å². The molecule has 1 aliphatic heterocycles. The molecule has 20 heavy (non-hydrogen) atoms. The third-order valence-electron chi connectivity index (χ3n) is 3.25. The normalized spacial score (nSPS) is 15.3. The number of piperazine rings is 1. The Morgan fingerprint density at radius 3 is 2.60 bits per heavy atom. The molecular weight excluding hydrogens is 276 g/mol. The van der Waals surface area contributed by atoms with Gasteiger partial charge in [-0.2, -0.15) is 0 Å². The summed E-state index contributed by atoms with van der Waals surface area (Å²) < 4.78 is 0. The Balaban J connectivity index is 1.80. The van der Waals surface area contributed by atoms with Crippen LogP contribution in [0.5, 0.6) is 0 Å². The Labute approximate surface area is 120 Å². The fourth-order valence-corrected chi connectivity index (χ4v) is 3.04. The van der Waals surface area contributed by atoms with Gasteiger partial charge in [0.2, 0.25) is 0 Å². The van der Waals surface area contributed by atoms with Crippen molar-refractivity contribution < 1.29 is 4.92 Å². The first-order chi connectivity index (χ1) is 9.74.